The van der Waals surface area contributed by atoms with E-state index in [0.717, 1.165) is 19.3 Å². The molecule has 0 heterocycles. The Hall–Kier alpha value is -0.630. The lowest BCUT2D eigenvalue weighted by atomic mass is 10.1. The van der Waals surface area contributed by atoms with Crippen molar-refractivity contribution in [2.75, 3.05) is 5.73 Å². The zero-order chi connectivity index (χ0) is 14.8. The molecule has 1 aliphatic carbocycles. The van der Waals surface area contributed by atoms with Crippen LogP contribution in [-0.2, 0) is 10.0 Å². The van der Waals surface area contributed by atoms with Crippen molar-refractivity contribution in [1.29, 1.82) is 0 Å². The largest absolute Gasteiger partial charge is 0.399 e. The van der Waals surface area contributed by atoms with E-state index >= 15 is 0 Å². The molecule has 20 heavy (non-hydrogen) atoms. The molecule has 0 spiro atoms. The van der Waals surface area contributed by atoms with Gasteiger partial charge >= 0.3 is 0 Å². The molecule has 0 aliphatic heterocycles. The summed E-state index contributed by atoms with van der Waals surface area (Å²) >= 11 is 3.22. The Morgan fingerprint density at radius 2 is 1.95 bits per heavy atom. The van der Waals surface area contributed by atoms with Gasteiger partial charge in [-0.15, -0.1) is 0 Å². The van der Waals surface area contributed by atoms with Gasteiger partial charge in [0.1, 0.15) is 0 Å². The number of benzene rings is 1. The summed E-state index contributed by atoms with van der Waals surface area (Å²) in [5.41, 5.74) is 6.03. The van der Waals surface area contributed by atoms with Gasteiger partial charge in [0.05, 0.1) is 11.0 Å². The Labute approximate surface area is 127 Å². The first-order chi connectivity index (χ1) is 9.40. The summed E-state index contributed by atoms with van der Waals surface area (Å²) in [6, 6.07) is 4.21. The average molecular weight is 363 g/mol. The SMILES string of the molecule is Nc1ccc(Br)c(S(=O)(=O)NC2CCCCCC2O)c1. The Kier molecular flexibility index (Phi) is 5.06. The summed E-state index contributed by atoms with van der Waals surface area (Å²) in [5.74, 6) is 0. The summed E-state index contributed by atoms with van der Waals surface area (Å²) in [6.07, 6.45) is 3.53. The number of rotatable bonds is 3. The van der Waals surface area contributed by atoms with Crippen LogP contribution in [0.1, 0.15) is 32.1 Å². The van der Waals surface area contributed by atoms with Crippen LogP contribution >= 0.6 is 15.9 Å². The predicted octanol–water partition coefficient (Wildman–Crippen LogP) is 2.00. The molecule has 4 N–H and O–H groups in total. The number of aliphatic hydroxyl groups excluding tert-OH is 1. The second-order valence-corrected chi connectivity index (χ2v) is 7.66. The van der Waals surface area contributed by atoms with Gasteiger partial charge < -0.3 is 10.8 Å². The highest BCUT2D eigenvalue weighted by Gasteiger charge is 2.28. The Bertz CT molecular complexity index is 577. The summed E-state index contributed by atoms with van der Waals surface area (Å²) in [5, 5.41) is 10.0. The number of sulfonamides is 1. The van der Waals surface area contributed by atoms with Gasteiger partial charge in [-0.1, -0.05) is 19.3 Å². The normalized spacial score (nSPS) is 24.3. The molecule has 1 fully saturated rings. The van der Waals surface area contributed by atoms with Crippen LogP contribution in [0.2, 0.25) is 0 Å². The van der Waals surface area contributed by atoms with Gasteiger partial charge in [0.25, 0.3) is 0 Å². The number of nitrogen functional groups attached to an aromatic ring is 1. The van der Waals surface area contributed by atoms with E-state index in [-0.39, 0.29) is 4.90 Å². The van der Waals surface area contributed by atoms with Crippen LogP contribution in [0.5, 0.6) is 0 Å². The van der Waals surface area contributed by atoms with Gasteiger partial charge in [-0.2, -0.15) is 0 Å². The number of halogens is 1. The minimum absolute atomic E-state index is 0.106. The maximum absolute atomic E-state index is 12.4. The van der Waals surface area contributed by atoms with Crippen LogP contribution < -0.4 is 10.5 Å². The molecular weight excluding hydrogens is 344 g/mol. The van der Waals surface area contributed by atoms with E-state index in [1.165, 1.54) is 6.07 Å². The lowest BCUT2D eigenvalue weighted by Gasteiger charge is -2.22. The number of anilines is 1. The van der Waals surface area contributed by atoms with E-state index in [2.05, 4.69) is 20.7 Å². The summed E-state index contributed by atoms with van der Waals surface area (Å²) in [4.78, 5) is 0.106. The highest BCUT2D eigenvalue weighted by molar-refractivity contribution is 9.10. The van der Waals surface area contributed by atoms with Crippen LogP contribution in [0.4, 0.5) is 5.69 Å². The first-order valence-electron chi connectivity index (χ1n) is 6.65. The molecule has 0 radical (unpaired) electrons. The van der Waals surface area contributed by atoms with Crippen molar-refractivity contribution in [3.63, 3.8) is 0 Å². The molecule has 2 atom stereocenters. The number of hydrogen-bond acceptors (Lipinski definition) is 4. The molecule has 1 aromatic carbocycles. The smallest absolute Gasteiger partial charge is 0.242 e. The number of nitrogens with one attached hydrogen (secondary N) is 1. The maximum Gasteiger partial charge on any atom is 0.242 e. The fourth-order valence-corrected chi connectivity index (χ4v) is 4.72. The first kappa shape index (κ1) is 15.8. The molecule has 1 aliphatic rings. The van der Waals surface area contributed by atoms with E-state index in [9.17, 15) is 13.5 Å². The minimum Gasteiger partial charge on any atom is -0.399 e. The zero-order valence-electron chi connectivity index (χ0n) is 11.0. The van der Waals surface area contributed by atoms with Gasteiger partial charge in [-0.05, 0) is 47.0 Å². The van der Waals surface area contributed by atoms with Gasteiger partial charge in [0, 0.05) is 16.2 Å². The van der Waals surface area contributed by atoms with Crippen molar-refractivity contribution in [1.82, 2.24) is 4.72 Å². The Morgan fingerprint density at radius 3 is 2.70 bits per heavy atom. The lowest BCUT2D eigenvalue weighted by Crippen LogP contribution is -2.42. The van der Waals surface area contributed by atoms with E-state index in [1.807, 2.05) is 0 Å². The topological polar surface area (TPSA) is 92.4 Å². The van der Waals surface area contributed by atoms with E-state index in [1.54, 1.807) is 12.1 Å². The van der Waals surface area contributed by atoms with Gasteiger partial charge in [0.2, 0.25) is 10.0 Å². The molecule has 7 heteroatoms. The summed E-state index contributed by atoms with van der Waals surface area (Å²) < 4.78 is 27.9. The van der Waals surface area contributed by atoms with Crippen molar-refractivity contribution in [2.24, 2.45) is 0 Å². The molecular formula is C13H19BrN2O3S. The fraction of sp³-hybridized carbons (Fsp3) is 0.538. The quantitative estimate of drug-likeness (QED) is 0.566. The maximum atomic E-state index is 12.4. The highest BCUT2D eigenvalue weighted by atomic mass is 79.9. The lowest BCUT2D eigenvalue weighted by molar-refractivity contribution is 0.130. The number of hydrogen-bond donors (Lipinski definition) is 3. The van der Waals surface area contributed by atoms with Crippen molar-refractivity contribution < 1.29 is 13.5 Å². The van der Waals surface area contributed by atoms with E-state index < -0.39 is 22.2 Å². The molecule has 1 saturated carbocycles. The number of aliphatic hydroxyl groups is 1. The monoisotopic (exact) mass is 362 g/mol. The first-order valence-corrected chi connectivity index (χ1v) is 8.93. The fourth-order valence-electron chi connectivity index (χ4n) is 2.41. The van der Waals surface area contributed by atoms with Crippen LogP contribution in [0.25, 0.3) is 0 Å². The third-order valence-electron chi connectivity index (χ3n) is 3.53. The molecule has 0 aromatic heterocycles. The molecule has 1 aromatic rings. The van der Waals surface area contributed by atoms with Crippen molar-refractivity contribution in [3.05, 3.63) is 22.7 Å². The van der Waals surface area contributed by atoms with Crippen molar-refractivity contribution in [3.8, 4) is 0 Å². The second kappa shape index (κ2) is 6.43. The van der Waals surface area contributed by atoms with Crippen LogP contribution in [0.3, 0.4) is 0 Å². The molecule has 0 saturated heterocycles. The zero-order valence-corrected chi connectivity index (χ0v) is 13.5. The predicted molar refractivity (Wildman–Crippen MR) is 81.8 cm³/mol. The van der Waals surface area contributed by atoms with E-state index in [4.69, 9.17) is 5.73 Å². The summed E-state index contributed by atoms with van der Waals surface area (Å²) in [6.45, 7) is 0. The Morgan fingerprint density at radius 1 is 1.25 bits per heavy atom. The molecule has 2 rings (SSSR count). The molecule has 0 bridgehead atoms. The third kappa shape index (κ3) is 3.72. The van der Waals surface area contributed by atoms with Crippen molar-refractivity contribution >= 4 is 31.6 Å². The molecule has 5 nitrogen and oxygen atoms in total. The van der Waals surface area contributed by atoms with Crippen molar-refractivity contribution in [2.45, 2.75) is 49.1 Å². The van der Waals surface area contributed by atoms with Crippen LogP contribution in [0, 0.1) is 0 Å². The third-order valence-corrected chi connectivity index (χ3v) is 6.01. The van der Waals surface area contributed by atoms with Gasteiger partial charge in [-0.25, -0.2) is 13.1 Å². The second-order valence-electron chi connectivity index (χ2n) is 5.12. The van der Waals surface area contributed by atoms with Crippen LogP contribution in [0.15, 0.2) is 27.6 Å². The minimum atomic E-state index is -3.70. The number of nitrogens with two attached hydrogens (primary N) is 1. The van der Waals surface area contributed by atoms with Gasteiger partial charge in [0.15, 0.2) is 0 Å². The average Bonchev–Trinajstić information content (AvgIpc) is 2.57. The van der Waals surface area contributed by atoms with Gasteiger partial charge in [-0.3, -0.25) is 0 Å². The molecule has 0 amide bonds. The highest BCUT2D eigenvalue weighted by Crippen LogP contribution is 2.26. The molecule has 2 unspecified atom stereocenters. The Balaban J connectivity index is 2.24. The summed E-state index contributed by atoms with van der Waals surface area (Å²) in [7, 11) is -3.70. The molecule has 112 valence electrons. The van der Waals surface area contributed by atoms with Crippen LogP contribution in [-0.4, -0.2) is 25.7 Å². The standard InChI is InChI=1S/C13H19BrN2O3S/c14-10-7-6-9(15)8-13(10)20(18,19)16-11-4-2-1-3-5-12(11)17/h6-8,11-12,16-17H,1-5,15H2. The van der Waals surface area contributed by atoms with E-state index in [0.29, 0.717) is 23.0 Å².